The molecular weight excluding hydrogens is 460 g/mol. The van der Waals surface area contributed by atoms with Gasteiger partial charge in [-0.15, -0.1) is 11.3 Å². The Bertz CT molecular complexity index is 899. The second-order valence-electron chi connectivity index (χ2n) is 6.11. The number of hydrogen-bond acceptors (Lipinski definition) is 4. The second-order valence-corrected chi connectivity index (χ2v) is 10.9. The number of benzene rings is 1. The van der Waals surface area contributed by atoms with Crippen molar-refractivity contribution in [1.29, 1.82) is 0 Å². The Morgan fingerprint density at radius 1 is 1.31 bits per heavy atom. The average molecular weight is 478 g/mol. The van der Waals surface area contributed by atoms with E-state index in [9.17, 15) is 13.2 Å². The SMILES string of the molecule is C[C@H](NC(=O)[C@H]1CCCN1S(=O)(=O)c1ccc(Cl)s1)c1ccc(Br)cc1. The number of nitrogens with zero attached hydrogens (tertiary/aromatic N) is 1. The Hall–Kier alpha value is -0.930. The normalized spacial score (nSPS) is 19.4. The molecule has 140 valence electrons. The summed E-state index contributed by atoms with van der Waals surface area (Å²) in [4.78, 5) is 12.7. The van der Waals surface area contributed by atoms with E-state index in [0.717, 1.165) is 21.4 Å². The van der Waals surface area contributed by atoms with Crippen LogP contribution in [-0.4, -0.2) is 31.2 Å². The Morgan fingerprint density at radius 3 is 2.62 bits per heavy atom. The number of rotatable bonds is 5. The number of amides is 1. The minimum absolute atomic E-state index is 0.170. The summed E-state index contributed by atoms with van der Waals surface area (Å²) in [6, 6.07) is 9.79. The maximum atomic E-state index is 12.8. The van der Waals surface area contributed by atoms with E-state index >= 15 is 0 Å². The molecule has 0 radical (unpaired) electrons. The van der Waals surface area contributed by atoms with Gasteiger partial charge in [-0.05, 0) is 49.6 Å². The lowest BCUT2D eigenvalue weighted by atomic mass is 10.1. The molecule has 1 amide bonds. The zero-order chi connectivity index (χ0) is 18.9. The number of nitrogens with one attached hydrogen (secondary N) is 1. The minimum Gasteiger partial charge on any atom is -0.348 e. The first-order valence-electron chi connectivity index (χ1n) is 8.12. The van der Waals surface area contributed by atoms with Gasteiger partial charge in [0.2, 0.25) is 5.91 Å². The molecule has 0 unspecified atom stereocenters. The topological polar surface area (TPSA) is 66.5 Å². The van der Waals surface area contributed by atoms with Crippen LogP contribution in [0.4, 0.5) is 0 Å². The van der Waals surface area contributed by atoms with Crippen LogP contribution in [0.2, 0.25) is 4.34 Å². The minimum atomic E-state index is -3.72. The summed E-state index contributed by atoms with van der Waals surface area (Å²) in [5.74, 6) is -0.274. The second kappa shape index (κ2) is 7.98. The van der Waals surface area contributed by atoms with Crippen LogP contribution in [0.5, 0.6) is 0 Å². The van der Waals surface area contributed by atoms with Gasteiger partial charge in [0.15, 0.2) is 0 Å². The highest BCUT2D eigenvalue weighted by molar-refractivity contribution is 9.10. The van der Waals surface area contributed by atoms with Crippen molar-refractivity contribution in [3.8, 4) is 0 Å². The number of halogens is 2. The molecule has 1 N–H and O–H groups in total. The fourth-order valence-electron chi connectivity index (χ4n) is 2.99. The van der Waals surface area contributed by atoms with Crippen LogP contribution in [0.1, 0.15) is 31.4 Å². The van der Waals surface area contributed by atoms with Gasteiger partial charge in [-0.1, -0.05) is 39.7 Å². The monoisotopic (exact) mass is 476 g/mol. The lowest BCUT2D eigenvalue weighted by Gasteiger charge is -2.24. The molecule has 1 saturated heterocycles. The molecule has 1 aromatic carbocycles. The maximum absolute atomic E-state index is 12.8. The standard InChI is InChI=1S/C17H18BrClN2O3S2/c1-11(12-4-6-13(18)7-5-12)20-17(22)14-3-2-10-21(14)26(23,24)16-9-8-15(19)25-16/h4-9,11,14H,2-3,10H2,1H3,(H,20,22)/t11-,14+/m0/s1. The smallest absolute Gasteiger partial charge is 0.253 e. The zero-order valence-corrected chi connectivity index (χ0v) is 18.0. The Labute approximate surface area is 170 Å². The first kappa shape index (κ1) is 19.8. The highest BCUT2D eigenvalue weighted by Gasteiger charge is 2.40. The lowest BCUT2D eigenvalue weighted by molar-refractivity contribution is -0.124. The van der Waals surface area contributed by atoms with Gasteiger partial charge in [-0.2, -0.15) is 4.31 Å². The summed E-state index contributed by atoms with van der Waals surface area (Å²) < 4.78 is 28.5. The number of carbonyl (C=O) groups excluding carboxylic acids is 1. The number of thiophene rings is 1. The fourth-order valence-corrected chi connectivity index (χ4v) is 6.52. The Morgan fingerprint density at radius 2 is 2.00 bits per heavy atom. The van der Waals surface area contributed by atoms with Gasteiger partial charge in [-0.3, -0.25) is 4.79 Å². The molecule has 3 rings (SSSR count). The van der Waals surface area contributed by atoms with E-state index in [1.54, 1.807) is 6.07 Å². The van der Waals surface area contributed by atoms with Crippen molar-refractivity contribution >= 4 is 54.8 Å². The summed E-state index contributed by atoms with van der Waals surface area (Å²) in [5.41, 5.74) is 0.957. The number of hydrogen-bond donors (Lipinski definition) is 1. The van der Waals surface area contributed by atoms with E-state index in [0.29, 0.717) is 23.7 Å². The summed E-state index contributed by atoms with van der Waals surface area (Å²) >= 11 is 10.3. The molecule has 1 aliphatic heterocycles. The van der Waals surface area contributed by atoms with Gasteiger partial charge in [0, 0.05) is 11.0 Å². The lowest BCUT2D eigenvalue weighted by Crippen LogP contribution is -2.46. The van der Waals surface area contributed by atoms with Gasteiger partial charge in [0.1, 0.15) is 10.3 Å². The van der Waals surface area contributed by atoms with Gasteiger partial charge in [0.05, 0.1) is 10.4 Å². The van der Waals surface area contributed by atoms with E-state index in [2.05, 4.69) is 21.2 Å². The maximum Gasteiger partial charge on any atom is 0.253 e. The molecule has 0 saturated carbocycles. The molecule has 1 aromatic heterocycles. The van der Waals surface area contributed by atoms with Crippen LogP contribution in [0.15, 0.2) is 45.1 Å². The van der Waals surface area contributed by atoms with Crippen LogP contribution < -0.4 is 5.32 Å². The molecule has 1 aliphatic rings. The van der Waals surface area contributed by atoms with Gasteiger partial charge >= 0.3 is 0 Å². The van der Waals surface area contributed by atoms with Crippen molar-refractivity contribution in [2.75, 3.05) is 6.54 Å². The number of carbonyl (C=O) groups is 1. The van der Waals surface area contributed by atoms with Crippen molar-refractivity contribution in [1.82, 2.24) is 9.62 Å². The van der Waals surface area contributed by atoms with Crippen LogP contribution in [0.25, 0.3) is 0 Å². The molecule has 1 fully saturated rings. The van der Waals surface area contributed by atoms with E-state index in [4.69, 9.17) is 11.6 Å². The summed E-state index contributed by atoms with van der Waals surface area (Å²) in [6.45, 7) is 2.22. The van der Waals surface area contributed by atoms with Crippen LogP contribution >= 0.6 is 38.9 Å². The predicted octanol–water partition coefficient (Wildman–Crippen LogP) is 4.19. The van der Waals surface area contributed by atoms with Crippen molar-refractivity contribution in [3.05, 3.63) is 50.8 Å². The molecule has 0 aliphatic carbocycles. The van der Waals surface area contributed by atoms with E-state index in [1.165, 1.54) is 10.4 Å². The molecule has 2 atom stereocenters. The quantitative estimate of drug-likeness (QED) is 0.702. The molecule has 26 heavy (non-hydrogen) atoms. The van der Waals surface area contributed by atoms with E-state index in [-0.39, 0.29) is 16.2 Å². The third kappa shape index (κ3) is 4.14. The van der Waals surface area contributed by atoms with Gasteiger partial charge in [0.25, 0.3) is 10.0 Å². The van der Waals surface area contributed by atoms with Crippen LogP contribution in [0, 0.1) is 0 Å². The molecule has 9 heteroatoms. The summed E-state index contributed by atoms with van der Waals surface area (Å²) in [7, 11) is -3.72. The average Bonchev–Trinajstić information content (AvgIpc) is 3.24. The fraction of sp³-hybridized carbons (Fsp3) is 0.353. The molecule has 2 aromatic rings. The van der Waals surface area contributed by atoms with Gasteiger partial charge < -0.3 is 5.32 Å². The van der Waals surface area contributed by atoms with Crippen LogP contribution in [-0.2, 0) is 14.8 Å². The molecular formula is C17H18BrClN2O3S2. The van der Waals surface area contributed by atoms with E-state index in [1.807, 2.05) is 31.2 Å². The van der Waals surface area contributed by atoms with Crippen molar-refractivity contribution < 1.29 is 13.2 Å². The third-order valence-electron chi connectivity index (χ3n) is 4.35. The first-order valence-corrected chi connectivity index (χ1v) is 11.5. The number of sulfonamides is 1. The summed E-state index contributed by atoms with van der Waals surface area (Å²) in [5, 5.41) is 2.93. The van der Waals surface area contributed by atoms with Crippen molar-refractivity contribution in [2.24, 2.45) is 0 Å². The van der Waals surface area contributed by atoms with Crippen molar-refractivity contribution in [2.45, 2.75) is 36.1 Å². The van der Waals surface area contributed by atoms with Gasteiger partial charge in [-0.25, -0.2) is 8.42 Å². The highest BCUT2D eigenvalue weighted by Crippen LogP contribution is 2.32. The Kier molecular flexibility index (Phi) is 6.08. The predicted molar refractivity (Wildman–Crippen MR) is 107 cm³/mol. The highest BCUT2D eigenvalue weighted by atomic mass is 79.9. The third-order valence-corrected chi connectivity index (χ3v) is 8.48. The Balaban J connectivity index is 1.75. The first-order chi connectivity index (χ1) is 12.3. The van der Waals surface area contributed by atoms with Crippen molar-refractivity contribution in [3.63, 3.8) is 0 Å². The zero-order valence-electron chi connectivity index (χ0n) is 14.0. The molecule has 0 spiro atoms. The summed E-state index contributed by atoms with van der Waals surface area (Å²) in [6.07, 6.45) is 1.17. The molecule has 0 bridgehead atoms. The largest absolute Gasteiger partial charge is 0.348 e. The molecule has 5 nitrogen and oxygen atoms in total. The van der Waals surface area contributed by atoms with Crippen LogP contribution in [0.3, 0.4) is 0 Å². The molecule has 2 heterocycles. The van der Waals surface area contributed by atoms with E-state index < -0.39 is 16.1 Å².